The molecule has 0 radical (unpaired) electrons. The molecule has 4 heteroatoms. The van der Waals surface area contributed by atoms with Gasteiger partial charge in [-0.15, -0.1) is 0 Å². The molecular formula is C13H17N3O. The van der Waals surface area contributed by atoms with Crippen molar-refractivity contribution in [3.05, 3.63) is 23.9 Å². The maximum atomic E-state index is 5.86. The summed E-state index contributed by atoms with van der Waals surface area (Å²) in [6.45, 7) is 3.57. The fraction of sp³-hybridized carbons (Fsp3) is 0.462. The van der Waals surface area contributed by atoms with E-state index in [0.717, 1.165) is 31.7 Å². The van der Waals surface area contributed by atoms with Crippen LogP contribution in [0.15, 0.2) is 18.3 Å². The molecular weight excluding hydrogens is 214 g/mol. The number of benzene rings is 1. The Labute approximate surface area is 100 Å². The normalized spacial score (nSPS) is 16.6. The van der Waals surface area contributed by atoms with Crippen molar-refractivity contribution in [1.29, 1.82) is 0 Å². The Morgan fingerprint density at radius 2 is 2.41 bits per heavy atom. The van der Waals surface area contributed by atoms with Gasteiger partial charge in [0.2, 0.25) is 0 Å². The lowest BCUT2D eigenvalue weighted by molar-refractivity contribution is 0.289. The van der Waals surface area contributed by atoms with Gasteiger partial charge >= 0.3 is 0 Å². The Balaban J connectivity index is 2.17. The van der Waals surface area contributed by atoms with Crippen LogP contribution in [-0.4, -0.2) is 22.4 Å². The Kier molecular flexibility index (Phi) is 2.52. The zero-order valence-corrected chi connectivity index (χ0v) is 10.0. The second kappa shape index (κ2) is 4.04. The molecule has 0 unspecified atom stereocenters. The van der Waals surface area contributed by atoms with Gasteiger partial charge in [0.1, 0.15) is 5.75 Å². The number of hydrogen-bond donors (Lipinski definition) is 1. The molecule has 2 aromatic rings. The Bertz CT molecular complexity index is 545. The summed E-state index contributed by atoms with van der Waals surface area (Å²) in [5.41, 5.74) is 8.34. The van der Waals surface area contributed by atoms with Crippen molar-refractivity contribution >= 4 is 10.9 Å². The van der Waals surface area contributed by atoms with Gasteiger partial charge in [0, 0.05) is 17.0 Å². The SMILES string of the molecule is C[C@H](N)Cn1ncc2ccc3c(c21)CCCO3. The molecule has 2 heterocycles. The molecule has 1 aliphatic heterocycles. The molecule has 0 amide bonds. The van der Waals surface area contributed by atoms with Gasteiger partial charge in [-0.2, -0.15) is 5.10 Å². The first-order chi connectivity index (χ1) is 8.25. The Morgan fingerprint density at radius 3 is 3.24 bits per heavy atom. The van der Waals surface area contributed by atoms with Gasteiger partial charge < -0.3 is 10.5 Å². The Hall–Kier alpha value is -1.55. The lowest BCUT2D eigenvalue weighted by atomic mass is 10.0. The van der Waals surface area contributed by atoms with Crippen LogP contribution >= 0.6 is 0 Å². The predicted molar refractivity (Wildman–Crippen MR) is 67.2 cm³/mol. The minimum Gasteiger partial charge on any atom is -0.493 e. The fourth-order valence-electron chi connectivity index (χ4n) is 2.45. The van der Waals surface area contributed by atoms with E-state index in [1.54, 1.807) is 0 Å². The maximum Gasteiger partial charge on any atom is 0.124 e. The average molecular weight is 231 g/mol. The van der Waals surface area contributed by atoms with E-state index in [1.165, 1.54) is 16.5 Å². The number of fused-ring (bicyclic) bond motifs is 3. The van der Waals surface area contributed by atoms with Crippen LogP contribution in [0.5, 0.6) is 5.75 Å². The molecule has 1 aromatic carbocycles. The number of nitrogens with zero attached hydrogens (tertiary/aromatic N) is 2. The second-order valence-corrected chi connectivity index (χ2v) is 4.74. The van der Waals surface area contributed by atoms with E-state index in [0.29, 0.717) is 0 Å². The molecule has 0 fully saturated rings. The van der Waals surface area contributed by atoms with Crippen molar-refractivity contribution in [3.63, 3.8) is 0 Å². The first-order valence-corrected chi connectivity index (χ1v) is 6.11. The number of ether oxygens (including phenoxy) is 1. The lowest BCUT2D eigenvalue weighted by Crippen LogP contribution is -2.23. The summed E-state index contributed by atoms with van der Waals surface area (Å²) in [6, 6.07) is 4.23. The summed E-state index contributed by atoms with van der Waals surface area (Å²) in [5.74, 6) is 1.01. The minimum atomic E-state index is 0.110. The zero-order valence-electron chi connectivity index (χ0n) is 10.0. The fourth-order valence-corrected chi connectivity index (χ4v) is 2.45. The quantitative estimate of drug-likeness (QED) is 0.856. The summed E-state index contributed by atoms with van der Waals surface area (Å²) < 4.78 is 7.70. The molecule has 1 atom stereocenters. The van der Waals surface area contributed by atoms with Gasteiger partial charge in [0.25, 0.3) is 0 Å². The highest BCUT2D eigenvalue weighted by Gasteiger charge is 2.17. The molecule has 1 aromatic heterocycles. The maximum absolute atomic E-state index is 5.86. The summed E-state index contributed by atoms with van der Waals surface area (Å²) in [5, 5.41) is 5.60. The standard InChI is InChI=1S/C13H17N3O/c1-9(14)8-16-13-10(7-15-16)4-5-12-11(13)3-2-6-17-12/h4-5,7,9H,2-3,6,8,14H2,1H3/t9-/m0/s1. The number of rotatable bonds is 2. The molecule has 0 saturated carbocycles. The summed E-state index contributed by atoms with van der Waals surface area (Å²) in [6.07, 6.45) is 4.05. The molecule has 0 bridgehead atoms. The van der Waals surface area contributed by atoms with E-state index in [2.05, 4.69) is 17.2 Å². The van der Waals surface area contributed by atoms with Crippen LogP contribution < -0.4 is 10.5 Å². The molecule has 0 spiro atoms. The molecule has 1 aliphatic rings. The highest BCUT2D eigenvalue weighted by Crippen LogP contribution is 2.31. The third kappa shape index (κ3) is 1.78. The van der Waals surface area contributed by atoms with Gasteiger partial charge in [-0.3, -0.25) is 4.68 Å². The van der Waals surface area contributed by atoms with E-state index < -0.39 is 0 Å². The van der Waals surface area contributed by atoms with E-state index in [1.807, 2.05) is 17.8 Å². The smallest absolute Gasteiger partial charge is 0.124 e. The van der Waals surface area contributed by atoms with Crippen molar-refractivity contribution in [3.8, 4) is 5.75 Å². The van der Waals surface area contributed by atoms with Crippen LogP contribution in [0, 0.1) is 0 Å². The van der Waals surface area contributed by atoms with Crippen LogP contribution in [0.1, 0.15) is 18.9 Å². The van der Waals surface area contributed by atoms with Gasteiger partial charge in [-0.25, -0.2) is 0 Å². The molecule has 0 saturated heterocycles. The van der Waals surface area contributed by atoms with E-state index in [-0.39, 0.29) is 6.04 Å². The van der Waals surface area contributed by atoms with Crippen LogP contribution in [0.25, 0.3) is 10.9 Å². The van der Waals surface area contributed by atoms with Gasteiger partial charge in [-0.1, -0.05) is 0 Å². The van der Waals surface area contributed by atoms with E-state index in [9.17, 15) is 0 Å². The summed E-state index contributed by atoms with van der Waals surface area (Å²) >= 11 is 0. The third-order valence-electron chi connectivity index (χ3n) is 3.15. The van der Waals surface area contributed by atoms with E-state index in [4.69, 9.17) is 10.5 Å². The number of aryl methyl sites for hydroxylation is 1. The van der Waals surface area contributed by atoms with Crippen LogP contribution in [0.4, 0.5) is 0 Å². The second-order valence-electron chi connectivity index (χ2n) is 4.74. The number of aromatic nitrogens is 2. The highest BCUT2D eigenvalue weighted by molar-refractivity contribution is 5.84. The van der Waals surface area contributed by atoms with Crippen molar-refractivity contribution in [2.24, 2.45) is 5.73 Å². The minimum absolute atomic E-state index is 0.110. The molecule has 0 aliphatic carbocycles. The highest BCUT2D eigenvalue weighted by atomic mass is 16.5. The first-order valence-electron chi connectivity index (χ1n) is 6.11. The summed E-state index contributed by atoms with van der Waals surface area (Å²) in [7, 11) is 0. The molecule has 90 valence electrons. The van der Waals surface area contributed by atoms with Crippen LogP contribution in [0.3, 0.4) is 0 Å². The van der Waals surface area contributed by atoms with Crippen molar-refractivity contribution in [2.45, 2.75) is 32.4 Å². The monoisotopic (exact) mass is 231 g/mol. The molecule has 3 rings (SSSR count). The third-order valence-corrected chi connectivity index (χ3v) is 3.15. The van der Waals surface area contributed by atoms with Crippen LogP contribution in [0.2, 0.25) is 0 Å². The van der Waals surface area contributed by atoms with Gasteiger partial charge in [0.05, 0.1) is 24.9 Å². The topological polar surface area (TPSA) is 53.1 Å². The molecule has 17 heavy (non-hydrogen) atoms. The number of nitrogens with two attached hydrogens (primary N) is 1. The van der Waals surface area contributed by atoms with Crippen LogP contribution in [-0.2, 0) is 13.0 Å². The molecule has 2 N–H and O–H groups in total. The lowest BCUT2D eigenvalue weighted by Gasteiger charge is -2.19. The first kappa shape index (κ1) is 10.6. The van der Waals surface area contributed by atoms with Gasteiger partial charge in [-0.05, 0) is 31.9 Å². The molecule has 4 nitrogen and oxygen atoms in total. The van der Waals surface area contributed by atoms with Crippen molar-refractivity contribution in [1.82, 2.24) is 9.78 Å². The Morgan fingerprint density at radius 1 is 1.53 bits per heavy atom. The van der Waals surface area contributed by atoms with Crippen molar-refractivity contribution in [2.75, 3.05) is 6.61 Å². The zero-order chi connectivity index (χ0) is 11.8. The average Bonchev–Trinajstić information content (AvgIpc) is 2.72. The van der Waals surface area contributed by atoms with Crippen molar-refractivity contribution < 1.29 is 4.74 Å². The van der Waals surface area contributed by atoms with E-state index >= 15 is 0 Å². The van der Waals surface area contributed by atoms with Gasteiger partial charge in [0.15, 0.2) is 0 Å². The number of hydrogen-bond acceptors (Lipinski definition) is 3. The largest absolute Gasteiger partial charge is 0.493 e. The predicted octanol–water partition coefficient (Wildman–Crippen LogP) is 1.71. The summed E-state index contributed by atoms with van der Waals surface area (Å²) in [4.78, 5) is 0.